The number of benzene rings is 2. The maximum Gasteiger partial charge on any atom is 0.229 e. The molecule has 2 aromatic rings. The van der Waals surface area contributed by atoms with Crippen molar-refractivity contribution >= 4 is 27.3 Å². The van der Waals surface area contributed by atoms with Gasteiger partial charge in [0, 0.05) is 5.92 Å². The Kier molecular flexibility index (Phi) is 4.28. The molecule has 7 heteroatoms. The predicted octanol–water partition coefficient (Wildman–Crippen LogP) is 2.94. The number of rotatable bonds is 5. The highest BCUT2D eigenvalue weighted by molar-refractivity contribution is 7.92. The molecule has 0 aliphatic heterocycles. The Morgan fingerprint density at radius 3 is 2.33 bits per heavy atom. The number of anilines is 2. The molecule has 0 radical (unpaired) electrons. The van der Waals surface area contributed by atoms with Gasteiger partial charge in [-0.25, -0.2) is 12.8 Å². The number of hydrogen-bond donors (Lipinski definition) is 2. The van der Waals surface area contributed by atoms with Crippen LogP contribution in [-0.4, -0.2) is 20.6 Å². The first kappa shape index (κ1) is 16.4. The first-order valence-electron chi connectivity index (χ1n) is 7.46. The third-order valence-corrected chi connectivity index (χ3v) is 4.50. The van der Waals surface area contributed by atoms with Crippen molar-refractivity contribution in [1.82, 2.24) is 0 Å². The Bertz CT molecular complexity index is 866. The number of carbonyl (C=O) groups excluding carboxylic acids is 1. The number of carbonyl (C=O) groups is 1. The van der Waals surface area contributed by atoms with Crippen LogP contribution in [0.5, 0.6) is 0 Å². The number of sulfonamides is 1. The Hall–Kier alpha value is -2.41. The highest BCUT2D eigenvalue weighted by Crippen LogP contribution is 2.48. The van der Waals surface area contributed by atoms with Crippen molar-refractivity contribution < 1.29 is 17.6 Å². The number of amides is 1. The second-order valence-electron chi connectivity index (χ2n) is 5.91. The van der Waals surface area contributed by atoms with Crippen LogP contribution in [0.25, 0.3) is 0 Å². The lowest BCUT2D eigenvalue weighted by atomic mass is 10.1. The molecular weight excluding hydrogens is 331 g/mol. The standard InChI is InChI=1S/C17H17FN2O3S/c1-24(22,23)20-16-5-3-2-4-15(16)19-17(21)14-10-13(14)11-6-8-12(18)9-7-11/h2-9,13-14,20H,10H2,1H3,(H,19,21)/t13-,14-/m0/s1. The summed E-state index contributed by atoms with van der Waals surface area (Å²) < 4.78 is 38.1. The Labute approximate surface area is 139 Å². The topological polar surface area (TPSA) is 75.3 Å². The van der Waals surface area contributed by atoms with Gasteiger partial charge in [-0.2, -0.15) is 0 Å². The molecule has 2 atom stereocenters. The van der Waals surface area contributed by atoms with Gasteiger partial charge in [0.1, 0.15) is 5.82 Å². The van der Waals surface area contributed by atoms with Gasteiger partial charge in [0.05, 0.1) is 17.6 Å². The van der Waals surface area contributed by atoms with Crippen molar-refractivity contribution in [3.8, 4) is 0 Å². The largest absolute Gasteiger partial charge is 0.324 e. The molecule has 1 aliphatic rings. The van der Waals surface area contributed by atoms with E-state index in [9.17, 15) is 17.6 Å². The SMILES string of the molecule is CS(=O)(=O)Nc1ccccc1NC(=O)[C@H]1C[C@H]1c1ccc(F)cc1. The summed E-state index contributed by atoms with van der Waals surface area (Å²) in [4.78, 5) is 12.4. The lowest BCUT2D eigenvalue weighted by Crippen LogP contribution is -2.17. The fourth-order valence-electron chi connectivity index (χ4n) is 2.67. The van der Waals surface area contributed by atoms with E-state index < -0.39 is 10.0 Å². The summed E-state index contributed by atoms with van der Waals surface area (Å²) in [7, 11) is -3.43. The smallest absolute Gasteiger partial charge is 0.229 e. The number of nitrogens with one attached hydrogen (secondary N) is 2. The van der Waals surface area contributed by atoms with Gasteiger partial charge in [-0.05, 0) is 42.2 Å². The molecule has 24 heavy (non-hydrogen) atoms. The van der Waals surface area contributed by atoms with Crippen molar-refractivity contribution in [2.45, 2.75) is 12.3 Å². The Morgan fingerprint density at radius 2 is 1.71 bits per heavy atom. The molecule has 2 aromatic carbocycles. The van der Waals surface area contributed by atoms with Gasteiger partial charge < -0.3 is 5.32 Å². The van der Waals surface area contributed by atoms with Crippen molar-refractivity contribution in [3.63, 3.8) is 0 Å². The Balaban J connectivity index is 1.69. The van der Waals surface area contributed by atoms with Gasteiger partial charge in [-0.3, -0.25) is 9.52 Å². The highest BCUT2D eigenvalue weighted by atomic mass is 32.2. The molecule has 126 valence electrons. The molecule has 3 rings (SSSR count). The van der Waals surface area contributed by atoms with E-state index in [-0.39, 0.29) is 23.6 Å². The zero-order chi connectivity index (χ0) is 17.3. The average Bonchev–Trinajstić information content (AvgIpc) is 3.29. The zero-order valence-electron chi connectivity index (χ0n) is 13.0. The molecule has 0 spiro atoms. The fraction of sp³-hybridized carbons (Fsp3) is 0.235. The van der Waals surface area contributed by atoms with Gasteiger partial charge in [0.15, 0.2) is 0 Å². The summed E-state index contributed by atoms with van der Waals surface area (Å²) in [5.74, 6) is -0.601. The summed E-state index contributed by atoms with van der Waals surface area (Å²) >= 11 is 0. The second-order valence-corrected chi connectivity index (χ2v) is 7.66. The molecule has 5 nitrogen and oxygen atoms in total. The molecule has 1 aliphatic carbocycles. The van der Waals surface area contributed by atoms with Crippen LogP contribution in [0.15, 0.2) is 48.5 Å². The first-order valence-corrected chi connectivity index (χ1v) is 9.36. The summed E-state index contributed by atoms with van der Waals surface area (Å²) in [5.41, 5.74) is 1.67. The van der Waals surface area contributed by atoms with E-state index in [4.69, 9.17) is 0 Å². The third-order valence-electron chi connectivity index (χ3n) is 3.91. The normalized spacial score (nSPS) is 19.6. The number of hydrogen-bond acceptors (Lipinski definition) is 3. The predicted molar refractivity (Wildman–Crippen MR) is 90.8 cm³/mol. The average molecular weight is 348 g/mol. The molecule has 0 heterocycles. The van der Waals surface area contributed by atoms with Crippen LogP contribution in [0.4, 0.5) is 15.8 Å². The van der Waals surface area contributed by atoms with Crippen molar-refractivity contribution in [2.24, 2.45) is 5.92 Å². The molecule has 1 fully saturated rings. The highest BCUT2D eigenvalue weighted by Gasteiger charge is 2.44. The first-order chi connectivity index (χ1) is 11.3. The minimum absolute atomic E-state index is 0.0700. The van der Waals surface area contributed by atoms with E-state index in [1.54, 1.807) is 36.4 Å². The van der Waals surface area contributed by atoms with Crippen molar-refractivity contribution in [3.05, 3.63) is 59.9 Å². The van der Waals surface area contributed by atoms with E-state index in [0.717, 1.165) is 11.8 Å². The lowest BCUT2D eigenvalue weighted by Gasteiger charge is -2.11. The van der Waals surface area contributed by atoms with Crippen LogP contribution in [-0.2, 0) is 14.8 Å². The van der Waals surface area contributed by atoms with E-state index in [0.29, 0.717) is 17.8 Å². The molecule has 1 saturated carbocycles. The van der Waals surface area contributed by atoms with Crippen LogP contribution in [0, 0.1) is 11.7 Å². The minimum atomic E-state index is -3.43. The van der Waals surface area contributed by atoms with Gasteiger partial charge in [0.25, 0.3) is 0 Å². The van der Waals surface area contributed by atoms with Crippen LogP contribution in [0.3, 0.4) is 0 Å². The fourth-order valence-corrected chi connectivity index (χ4v) is 3.25. The second kappa shape index (κ2) is 6.24. The maximum absolute atomic E-state index is 13.0. The molecule has 0 saturated heterocycles. The van der Waals surface area contributed by atoms with E-state index in [2.05, 4.69) is 10.0 Å². The van der Waals surface area contributed by atoms with E-state index in [1.165, 1.54) is 12.1 Å². The summed E-state index contributed by atoms with van der Waals surface area (Å²) in [6.45, 7) is 0. The molecular formula is C17H17FN2O3S. The van der Waals surface area contributed by atoms with Crippen molar-refractivity contribution in [2.75, 3.05) is 16.3 Å². The molecule has 0 bridgehead atoms. The monoisotopic (exact) mass is 348 g/mol. The Morgan fingerprint density at radius 1 is 1.08 bits per heavy atom. The van der Waals surface area contributed by atoms with Crippen LogP contribution < -0.4 is 10.0 Å². The van der Waals surface area contributed by atoms with Crippen molar-refractivity contribution in [1.29, 1.82) is 0 Å². The molecule has 2 N–H and O–H groups in total. The molecule has 0 unspecified atom stereocenters. The van der Waals surface area contributed by atoms with Crippen LogP contribution in [0.1, 0.15) is 17.9 Å². The maximum atomic E-state index is 13.0. The van der Waals surface area contributed by atoms with E-state index >= 15 is 0 Å². The van der Waals surface area contributed by atoms with Gasteiger partial charge in [0.2, 0.25) is 15.9 Å². The summed E-state index contributed by atoms with van der Waals surface area (Å²) in [5, 5.41) is 2.77. The molecule has 1 amide bonds. The lowest BCUT2D eigenvalue weighted by molar-refractivity contribution is -0.117. The minimum Gasteiger partial charge on any atom is -0.324 e. The summed E-state index contributed by atoms with van der Waals surface area (Å²) in [6.07, 6.45) is 1.75. The van der Waals surface area contributed by atoms with E-state index in [1.807, 2.05) is 0 Å². The van der Waals surface area contributed by atoms with Gasteiger partial charge in [-0.15, -0.1) is 0 Å². The van der Waals surface area contributed by atoms with Crippen LogP contribution in [0.2, 0.25) is 0 Å². The number of para-hydroxylation sites is 2. The van der Waals surface area contributed by atoms with Gasteiger partial charge >= 0.3 is 0 Å². The third kappa shape index (κ3) is 3.91. The quantitative estimate of drug-likeness (QED) is 0.872. The zero-order valence-corrected chi connectivity index (χ0v) is 13.8. The number of halogens is 1. The van der Waals surface area contributed by atoms with Crippen LogP contribution >= 0.6 is 0 Å². The summed E-state index contributed by atoms with van der Waals surface area (Å²) in [6, 6.07) is 12.8. The van der Waals surface area contributed by atoms with Gasteiger partial charge in [-0.1, -0.05) is 24.3 Å². The molecule has 0 aromatic heterocycles.